The Balaban J connectivity index is 0.00000124. The highest BCUT2D eigenvalue weighted by molar-refractivity contribution is 6.33. The van der Waals surface area contributed by atoms with Crippen LogP contribution in [0.4, 0.5) is 17.1 Å². The maximum atomic E-state index is 8.98. The zero-order chi connectivity index (χ0) is 21.5. The summed E-state index contributed by atoms with van der Waals surface area (Å²) in [5.41, 5.74) is 3.54. The van der Waals surface area contributed by atoms with E-state index >= 15 is 0 Å². The van der Waals surface area contributed by atoms with E-state index in [2.05, 4.69) is 33.5 Å². The summed E-state index contributed by atoms with van der Waals surface area (Å²) in [5.74, 6) is 0. The van der Waals surface area contributed by atoms with Crippen molar-refractivity contribution in [1.82, 2.24) is 15.1 Å². The van der Waals surface area contributed by atoms with Crippen LogP contribution in [0.2, 0.25) is 5.02 Å². The summed E-state index contributed by atoms with van der Waals surface area (Å²) >= 11 is 6.55. The third-order valence-electron chi connectivity index (χ3n) is 5.46. The van der Waals surface area contributed by atoms with E-state index in [1.54, 1.807) is 0 Å². The van der Waals surface area contributed by atoms with E-state index in [1.807, 2.05) is 29.2 Å². The topological polar surface area (TPSA) is 89.2 Å². The molecule has 0 unspecified atom stereocenters. The SMILES string of the molecule is C#C.N=Cc1cc(Cl)c(N2CCC(NCCO)CC2)cc1Nc1cnn(C2CC2)c1. The van der Waals surface area contributed by atoms with Crippen LogP contribution in [0.25, 0.3) is 0 Å². The standard InChI is InChI=1S/C20H27ClN6O.C2H2/c21-18-9-14(11-22)19(25-16-12-24-27(13-16)17-1-2-17)10-20(18)26-6-3-15(4-7-26)23-5-8-28;1-2/h9-13,15,17,22-23,25,28H,1-8H2;1-2H. The smallest absolute Gasteiger partial charge is 0.0770 e. The molecule has 2 aromatic rings. The number of piperidine rings is 1. The van der Waals surface area contributed by atoms with Crippen LogP contribution in [0.3, 0.4) is 0 Å². The van der Waals surface area contributed by atoms with Crippen LogP contribution >= 0.6 is 11.6 Å². The summed E-state index contributed by atoms with van der Waals surface area (Å²) < 4.78 is 2.01. The number of anilines is 3. The molecule has 4 rings (SSSR count). The molecular formula is C22H29ClN6O. The molecule has 1 aromatic carbocycles. The van der Waals surface area contributed by atoms with Gasteiger partial charge >= 0.3 is 0 Å². The van der Waals surface area contributed by atoms with Gasteiger partial charge in [-0.2, -0.15) is 5.10 Å². The van der Waals surface area contributed by atoms with Crippen molar-refractivity contribution in [2.45, 2.75) is 37.8 Å². The average molecular weight is 429 g/mol. The molecule has 1 aliphatic heterocycles. The summed E-state index contributed by atoms with van der Waals surface area (Å²) in [7, 11) is 0. The van der Waals surface area contributed by atoms with Gasteiger partial charge < -0.3 is 26.0 Å². The van der Waals surface area contributed by atoms with Crippen LogP contribution in [0.1, 0.15) is 37.3 Å². The molecule has 0 radical (unpaired) electrons. The summed E-state index contributed by atoms with van der Waals surface area (Å²) in [4.78, 5) is 2.30. The number of aliphatic hydroxyl groups is 1. The molecule has 1 aliphatic carbocycles. The Labute approximate surface area is 182 Å². The van der Waals surface area contributed by atoms with Gasteiger partial charge in [-0.1, -0.05) is 11.6 Å². The number of nitrogens with one attached hydrogen (secondary N) is 3. The van der Waals surface area contributed by atoms with Crippen molar-refractivity contribution in [1.29, 1.82) is 5.41 Å². The Morgan fingerprint density at radius 1 is 1.23 bits per heavy atom. The normalized spacial score (nSPS) is 16.6. The molecule has 2 heterocycles. The minimum absolute atomic E-state index is 0.170. The van der Waals surface area contributed by atoms with Crippen molar-refractivity contribution >= 4 is 34.9 Å². The predicted octanol–water partition coefficient (Wildman–Crippen LogP) is 3.41. The van der Waals surface area contributed by atoms with Crippen LogP contribution in [-0.2, 0) is 0 Å². The van der Waals surface area contributed by atoms with Gasteiger partial charge in [0, 0.05) is 49.3 Å². The maximum absolute atomic E-state index is 8.98. The number of hydrogen-bond donors (Lipinski definition) is 4. The fourth-order valence-electron chi connectivity index (χ4n) is 3.74. The summed E-state index contributed by atoms with van der Waals surface area (Å²) in [6.07, 6.45) is 17.6. The van der Waals surface area contributed by atoms with E-state index < -0.39 is 0 Å². The van der Waals surface area contributed by atoms with E-state index in [1.165, 1.54) is 19.1 Å². The third-order valence-corrected chi connectivity index (χ3v) is 5.76. The number of aromatic nitrogens is 2. The fourth-order valence-corrected chi connectivity index (χ4v) is 4.03. The number of nitrogens with zero attached hydrogens (tertiary/aromatic N) is 3. The van der Waals surface area contributed by atoms with Gasteiger partial charge in [0.2, 0.25) is 0 Å². The van der Waals surface area contributed by atoms with Crippen LogP contribution in [0.5, 0.6) is 0 Å². The van der Waals surface area contributed by atoms with Crippen LogP contribution in [0, 0.1) is 18.3 Å². The van der Waals surface area contributed by atoms with Gasteiger partial charge in [0.05, 0.1) is 35.2 Å². The van der Waals surface area contributed by atoms with E-state index in [-0.39, 0.29) is 6.61 Å². The number of benzene rings is 1. The van der Waals surface area contributed by atoms with Crippen molar-refractivity contribution in [3.05, 3.63) is 35.1 Å². The van der Waals surface area contributed by atoms with Crippen molar-refractivity contribution in [2.24, 2.45) is 0 Å². The summed E-state index contributed by atoms with van der Waals surface area (Å²) in [6.45, 7) is 2.63. The zero-order valence-electron chi connectivity index (χ0n) is 17.0. The van der Waals surface area contributed by atoms with Gasteiger partial charge in [-0.15, -0.1) is 12.8 Å². The molecule has 0 spiro atoms. The lowest BCUT2D eigenvalue weighted by Crippen LogP contribution is -2.43. The second-order valence-corrected chi connectivity index (χ2v) is 7.95. The Hall–Kier alpha value is -2.53. The fraction of sp³-hybridized carbons (Fsp3) is 0.455. The van der Waals surface area contributed by atoms with Crippen molar-refractivity contribution < 1.29 is 5.11 Å². The van der Waals surface area contributed by atoms with Gasteiger partial charge in [-0.05, 0) is 37.8 Å². The first-order valence-electron chi connectivity index (χ1n) is 10.3. The van der Waals surface area contributed by atoms with Crippen LogP contribution < -0.4 is 15.5 Å². The lowest BCUT2D eigenvalue weighted by atomic mass is 10.0. The molecule has 8 heteroatoms. The molecule has 1 saturated carbocycles. The minimum atomic E-state index is 0.170. The number of hydrogen-bond acceptors (Lipinski definition) is 6. The van der Waals surface area contributed by atoms with Crippen molar-refractivity contribution in [3.63, 3.8) is 0 Å². The highest BCUT2D eigenvalue weighted by Crippen LogP contribution is 2.36. The molecule has 7 nitrogen and oxygen atoms in total. The van der Waals surface area contributed by atoms with Crippen molar-refractivity contribution in [2.75, 3.05) is 36.5 Å². The Morgan fingerprint density at radius 3 is 2.60 bits per heavy atom. The monoisotopic (exact) mass is 428 g/mol. The van der Waals surface area contributed by atoms with E-state index in [0.717, 1.165) is 48.6 Å². The minimum Gasteiger partial charge on any atom is -0.395 e. The first kappa shape index (κ1) is 22.2. The first-order valence-corrected chi connectivity index (χ1v) is 10.6. The quantitative estimate of drug-likeness (QED) is 0.382. The number of terminal acetylenes is 1. The predicted molar refractivity (Wildman–Crippen MR) is 123 cm³/mol. The highest BCUT2D eigenvalue weighted by atomic mass is 35.5. The molecule has 2 fully saturated rings. The first-order chi connectivity index (χ1) is 14.7. The van der Waals surface area contributed by atoms with Gasteiger partial charge in [-0.25, -0.2) is 0 Å². The zero-order valence-corrected chi connectivity index (χ0v) is 17.8. The molecule has 1 aromatic heterocycles. The lowest BCUT2D eigenvalue weighted by Gasteiger charge is -2.35. The Kier molecular flexibility index (Phi) is 7.75. The average Bonchev–Trinajstić information content (AvgIpc) is 3.54. The lowest BCUT2D eigenvalue weighted by molar-refractivity contribution is 0.277. The van der Waals surface area contributed by atoms with E-state index in [9.17, 15) is 0 Å². The molecule has 1 saturated heterocycles. The second kappa shape index (κ2) is 10.5. The molecule has 0 bridgehead atoms. The Bertz CT molecular complexity index is 868. The molecule has 4 N–H and O–H groups in total. The summed E-state index contributed by atoms with van der Waals surface area (Å²) in [5, 5.41) is 28.6. The maximum Gasteiger partial charge on any atom is 0.0770 e. The number of aliphatic hydroxyl groups excluding tert-OH is 1. The molecule has 2 aliphatic rings. The van der Waals surface area contributed by atoms with Gasteiger partial charge in [0.1, 0.15) is 0 Å². The van der Waals surface area contributed by atoms with Gasteiger partial charge in [-0.3, -0.25) is 4.68 Å². The second-order valence-electron chi connectivity index (χ2n) is 7.54. The molecular weight excluding hydrogens is 400 g/mol. The molecule has 160 valence electrons. The van der Waals surface area contributed by atoms with Crippen LogP contribution in [-0.4, -0.2) is 53.4 Å². The highest BCUT2D eigenvalue weighted by Gasteiger charge is 2.25. The third kappa shape index (κ3) is 5.33. The van der Waals surface area contributed by atoms with E-state index in [4.69, 9.17) is 22.1 Å². The van der Waals surface area contributed by atoms with Crippen LogP contribution in [0.15, 0.2) is 24.5 Å². The molecule has 0 atom stereocenters. The number of halogens is 1. The van der Waals surface area contributed by atoms with Crippen molar-refractivity contribution in [3.8, 4) is 12.8 Å². The van der Waals surface area contributed by atoms with E-state index in [0.29, 0.717) is 23.7 Å². The number of rotatable bonds is 8. The summed E-state index contributed by atoms with van der Waals surface area (Å²) in [6, 6.07) is 4.87. The Morgan fingerprint density at radius 2 is 1.97 bits per heavy atom. The largest absolute Gasteiger partial charge is 0.395 e. The van der Waals surface area contributed by atoms with Gasteiger partial charge in [0.25, 0.3) is 0 Å². The molecule has 0 amide bonds. The van der Waals surface area contributed by atoms with Gasteiger partial charge in [0.15, 0.2) is 0 Å². The molecule has 30 heavy (non-hydrogen) atoms.